The number of rotatable bonds is 4. The second kappa shape index (κ2) is 5.84. The summed E-state index contributed by atoms with van der Waals surface area (Å²) in [6.45, 7) is 8.71. The van der Waals surface area contributed by atoms with Gasteiger partial charge in [0, 0.05) is 28.5 Å². The van der Waals surface area contributed by atoms with Crippen molar-refractivity contribution in [2.24, 2.45) is 0 Å². The number of nitrogens with one attached hydrogen (secondary N) is 1. The Morgan fingerprint density at radius 1 is 1.55 bits per heavy atom. The molecule has 0 saturated carbocycles. The Bertz CT molecular complexity index is 575. The monoisotopic (exact) mass is 307 g/mol. The van der Waals surface area contributed by atoms with Gasteiger partial charge in [-0.2, -0.15) is 0 Å². The van der Waals surface area contributed by atoms with Crippen LogP contribution in [0.4, 0.5) is 5.13 Å². The molecule has 5 heteroatoms. The largest absolute Gasteiger partial charge is 0.341 e. The molecule has 0 aromatic carbocycles. The van der Waals surface area contributed by atoms with Crippen LogP contribution in [0, 0.1) is 0 Å². The number of thiazole rings is 1. The molecule has 0 fully saturated rings. The summed E-state index contributed by atoms with van der Waals surface area (Å²) in [5, 5.41) is 6.83. The van der Waals surface area contributed by atoms with Crippen LogP contribution in [0.3, 0.4) is 0 Å². The van der Waals surface area contributed by atoms with Gasteiger partial charge in [0.05, 0.1) is 6.04 Å². The summed E-state index contributed by atoms with van der Waals surface area (Å²) >= 11 is 3.71. The molecule has 3 heterocycles. The van der Waals surface area contributed by atoms with Crippen molar-refractivity contribution in [1.82, 2.24) is 10.3 Å². The summed E-state index contributed by atoms with van der Waals surface area (Å²) in [5.41, 5.74) is 1.48. The molecule has 108 valence electrons. The highest BCUT2D eigenvalue weighted by atomic mass is 32.1. The molecule has 0 aliphatic carbocycles. The number of thiophene rings is 1. The fraction of sp³-hybridized carbons (Fsp3) is 0.533. The van der Waals surface area contributed by atoms with Crippen LogP contribution < -0.4 is 10.2 Å². The molecule has 2 aromatic rings. The van der Waals surface area contributed by atoms with E-state index in [-0.39, 0.29) is 0 Å². The molecule has 1 aliphatic heterocycles. The lowest BCUT2D eigenvalue weighted by atomic mass is 10.0. The maximum absolute atomic E-state index is 4.66. The zero-order valence-corrected chi connectivity index (χ0v) is 13.9. The summed E-state index contributed by atoms with van der Waals surface area (Å²) in [5.74, 6) is 0. The smallest absolute Gasteiger partial charge is 0.186 e. The highest BCUT2D eigenvalue weighted by molar-refractivity contribution is 7.15. The lowest BCUT2D eigenvalue weighted by Gasteiger charge is -2.33. The maximum Gasteiger partial charge on any atom is 0.186 e. The molecule has 3 rings (SSSR count). The van der Waals surface area contributed by atoms with Crippen molar-refractivity contribution in [1.29, 1.82) is 0 Å². The zero-order chi connectivity index (χ0) is 14.1. The third-order valence-corrected chi connectivity index (χ3v) is 6.19. The fourth-order valence-corrected chi connectivity index (χ4v) is 4.80. The molecular weight excluding hydrogens is 286 g/mol. The molecule has 0 bridgehead atoms. The predicted molar refractivity (Wildman–Crippen MR) is 88.0 cm³/mol. The third-order valence-electron chi connectivity index (χ3n) is 3.97. The van der Waals surface area contributed by atoms with Crippen molar-refractivity contribution in [2.45, 2.75) is 39.3 Å². The predicted octanol–water partition coefficient (Wildman–Crippen LogP) is 4.00. The molecule has 0 spiro atoms. The van der Waals surface area contributed by atoms with Crippen LogP contribution in [0.2, 0.25) is 0 Å². The van der Waals surface area contributed by atoms with Gasteiger partial charge in [0.2, 0.25) is 0 Å². The minimum atomic E-state index is 0.392. The Morgan fingerprint density at radius 2 is 2.40 bits per heavy atom. The second-order valence-corrected chi connectivity index (χ2v) is 7.28. The Morgan fingerprint density at radius 3 is 3.20 bits per heavy atom. The number of hydrogen-bond acceptors (Lipinski definition) is 5. The Balaban J connectivity index is 1.80. The van der Waals surface area contributed by atoms with E-state index in [9.17, 15) is 0 Å². The summed E-state index contributed by atoms with van der Waals surface area (Å²) in [4.78, 5) is 9.98. The normalized spacial score (nSPS) is 19.9. The van der Waals surface area contributed by atoms with Gasteiger partial charge < -0.3 is 10.2 Å². The van der Waals surface area contributed by atoms with Gasteiger partial charge in [-0.1, -0.05) is 6.92 Å². The summed E-state index contributed by atoms with van der Waals surface area (Å²) in [6, 6.07) is 3.11. The zero-order valence-electron chi connectivity index (χ0n) is 12.2. The van der Waals surface area contributed by atoms with Crippen molar-refractivity contribution in [3.63, 3.8) is 0 Å². The van der Waals surface area contributed by atoms with E-state index in [1.807, 2.05) is 28.9 Å². The number of aromatic nitrogens is 1. The van der Waals surface area contributed by atoms with Gasteiger partial charge >= 0.3 is 0 Å². The topological polar surface area (TPSA) is 28.2 Å². The van der Waals surface area contributed by atoms with Crippen LogP contribution in [0.1, 0.15) is 48.2 Å². The van der Waals surface area contributed by atoms with Crippen molar-refractivity contribution >= 4 is 27.8 Å². The van der Waals surface area contributed by atoms with E-state index in [0.717, 1.165) is 24.6 Å². The molecule has 0 amide bonds. The molecule has 3 nitrogen and oxygen atoms in total. The number of hydrogen-bond donors (Lipinski definition) is 1. The Labute approximate surface area is 128 Å². The van der Waals surface area contributed by atoms with Crippen molar-refractivity contribution < 1.29 is 0 Å². The van der Waals surface area contributed by atoms with E-state index in [0.29, 0.717) is 12.1 Å². The summed E-state index contributed by atoms with van der Waals surface area (Å²) in [7, 11) is 0. The minimum absolute atomic E-state index is 0.392. The molecule has 2 unspecified atom stereocenters. The Kier molecular flexibility index (Phi) is 4.10. The first-order valence-corrected chi connectivity index (χ1v) is 8.92. The van der Waals surface area contributed by atoms with Crippen molar-refractivity contribution in [3.8, 4) is 0 Å². The fourth-order valence-electron chi connectivity index (χ4n) is 2.79. The van der Waals surface area contributed by atoms with Gasteiger partial charge in [-0.25, -0.2) is 4.98 Å². The number of nitrogens with zero attached hydrogens (tertiary/aromatic N) is 2. The van der Waals surface area contributed by atoms with Crippen LogP contribution >= 0.6 is 22.7 Å². The molecule has 0 radical (unpaired) electrons. The third kappa shape index (κ3) is 2.50. The standard InChI is InChI=1S/C15H21N3S2/c1-4-16-10(2)14-9-17-15(20-14)18-7-5-13-12(11(18)3)6-8-19-13/h6,8-11,16H,4-5,7H2,1-3H3. The lowest BCUT2D eigenvalue weighted by Crippen LogP contribution is -2.32. The minimum Gasteiger partial charge on any atom is -0.341 e. The van der Waals surface area contributed by atoms with E-state index in [1.54, 1.807) is 4.88 Å². The Hall–Kier alpha value is -0.910. The average Bonchev–Trinajstić information content (AvgIpc) is 3.08. The molecule has 0 saturated heterocycles. The van der Waals surface area contributed by atoms with E-state index in [4.69, 9.17) is 0 Å². The van der Waals surface area contributed by atoms with Crippen LogP contribution in [-0.4, -0.2) is 18.1 Å². The van der Waals surface area contributed by atoms with E-state index in [1.165, 1.54) is 10.4 Å². The second-order valence-electron chi connectivity index (χ2n) is 5.24. The quantitative estimate of drug-likeness (QED) is 0.925. The van der Waals surface area contributed by atoms with Gasteiger partial charge in [0.25, 0.3) is 0 Å². The first kappa shape index (κ1) is 14.0. The van der Waals surface area contributed by atoms with Crippen LogP contribution in [0.5, 0.6) is 0 Å². The van der Waals surface area contributed by atoms with E-state index in [2.05, 4.69) is 47.4 Å². The maximum atomic E-state index is 4.66. The average molecular weight is 307 g/mol. The first-order valence-electron chi connectivity index (χ1n) is 7.22. The number of anilines is 1. The molecule has 20 heavy (non-hydrogen) atoms. The summed E-state index contributed by atoms with van der Waals surface area (Å²) in [6.07, 6.45) is 3.18. The van der Waals surface area contributed by atoms with Gasteiger partial charge in [-0.05, 0) is 43.8 Å². The van der Waals surface area contributed by atoms with Gasteiger partial charge in [0.1, 0.15) is 0 Å². The molecule has 1 aliphatic rings. The van der Waals surface area contributed by atoms with Gasteiger partial charge in [-0.3, -0.25) is 0 Å². The van der Waals surface area contributed by atoms with Crippen molar-refractivity contribution in [2.75, 3.05) is 18.0 Å². The van der Waals surface area contributed by atoms with Gasteiger partial charge in [-0.15, -0.1) is 22.7 Å². The molecule has 2 atom stereocenters. The first-order chi connectivity index (χ1) is 9.70. The summed E-state index contributed by atoms with van der Waals surface area (Å²) < 4.78 is 0. The van der Waals surface area contributed by atoms with Crippen LogP contribution in [0.25, 0.3) is 0 Å². The molecule has 2 aromatic heterocycles. The SMILES string of the molecule is CCNC(C)c1cnc(N2CCc3sccc3C2C)s1. The highest BCUT2D eigenvalue weighted by Crippen LogP contribution is 2.38. The molecular formula is C15H21N3S2. The lowest BCUT2D eigenvalue weighted by molar-refractivity contribution is 0.606. The van der Waals surface area contributed by atoms with Gasteiger partial charge in [0.15, 0.2) is 5.13 Å². The van der Waals surface area contributed by atoms with E-state index < -0.39 is 0 Å². The highest BCUT2D eigenvalue weighted by Gasteiger charge is 2.27. The van der Waals surface area contributed by atoms with Crippen LogP contribution in [-0.2, 0) is 6.42 Å². The van der Waals surface area contributed by atoms with Crippen molar-refractivity contribution in [3.05, 3.63) is 33.0 Å². The van der Waals surface area contributed by atoms with E-state index >= 15 is 0 Å². The number of fused-ring (bicyclic) bond motifs is 1. The van der Waals surface area contributed by atoms with Crippen LogP contribution in [0.15, 0.2) is 17.6 Å². The molecule has 1 N–H and O–H groups in total.